The lowest BCUT2D eigenvalue weighted by Crippen LogP contribution is -2.61. The van der Waals surface area contributed by atoms with Gasteiger partial charge in [0.25, 0.3) is 0 Å². The second-order valence-corrected chi connectivity index (χ2v) is 15.7. The summed E-state index contributed by atoms with van der Waals surface area (Å²) in [6.45, 7) is 9.44. The third-order valence-corrected chi connectivity index (χ3v) is 8.71. The topological polar surface area (TPSA) is 401 Å². The predicted octanol–water partition coefficient (Wildman–Crippen LogP) is -3.87. The average molecular weight is 837 g/mol. The number of aliphatic imine (C=N–C) groups is 1. The Morgan fingerprint density at radius 1 is 0.667 bits per heavy atom. The van der Waals surface area contributed by atoms with Crippen LogP contribution in [0.25, 0.3) is 0 Å². The van der Waals surface area contributed by atoms with Gasteiger partial charge in [-0.05, 0) is 77.2 Å². The lowest BCUT2D eigenvalue weighted by molar-refractivity contribution is -0.136. The average Bonchev–Trinajstić information content (AvgIpc) is 3.08. The van der Waals surface area contributed by atoms with Crippen LogP contribution in [0.5, 0.6) is 0 Å². The fourth-order valence-corrected chi connectivity index (χ4v) is 5.85. The summed E-state index contributed by atoms with van der Waals surface area (Å²) < 4.78 is 16.4. The molecule has 0 aliphatic carbocycles. The molecule has 57 heavy (non-hydrogen) atoms. The highest BCUT2D eigenvalue weighted by atomic mass is 31.2. The van der Waals surface area contributed by atoms with Gasteiger partial charge in [0.05, 0.1) is 18.7 Å². The maximum atomic E-state index is 13.6. The van der Waals surface area contributed by atoms with Gasteiger partial charge in [0.1, 0.15) is 30.2 Å². The van der Waals surface area contributed by atoms with Gasteiger partial charge in [0, 0.05) is 6.54 Å². The van der Waals surface area contributed by atoms with E-state index in [9.17, 15) is 47.9 Å². The number of hydrogen-bond acceptors (Lipinski definition) is 12. The molecule has 7 amide bonds. The number of nitrogens with zero attached hydrogens (tertiary/aromatic N) is 1. The summed E-state index contributed by atoms with van der Waals surface area (Å²) in [5, 5.41) is 14.7. The Hall–Kier alpha value is -4.41. The van der Waals surface area contributed by atoms with Crippen LogP contribution in [0.4, 0.5) is 0 Å². The van der Waals surface area contributed by atoms with Crippen LogP contribution in [-0.2, 0) is 42.7 Å². The minimum atomic E-state index is -5.22. The van der Waals surface area contributed by atoms with Crippen molar-refractivity contribution in [2.24, 2.45) is 45.5 Å². The van der Waals surface area contributed by atoms with Crippen molar-refractivity contribution in [1.82, 2.24) is 31.9 Å². The molecule has 23 nitrogen and oxygen atoms in total. The van der Waals surface area contributed by atoms with Crippen molar-refractivity contribution in [3.05, 3.63) is 0 Å². The zero-order valence-electron chi connectivity index (χ0n) is 33.6. The lowest BCUT2D eigenvalue weighted by atomic mass is 10.0. The Kier molecular flexibility index (Phi) is 24.4. The summed E-state index contributed by atoms with van der Waals surface area (Å²) in [6, 6.07) is -7.83. The van der Waals surface area contributed by atoms with Crippen LogP contribution in [0.1, 0.15) is 86.5 Å². The van der Waals surface area contributed by atoms with E-state index in [1.807, 2.05) is 13.8 Å². The lowest BCUT2D eigenvalue weighted by Gasteiger charge is -2.29. The number of hydrogen-bond donors (Lipinski definition) is 13. The molecule has 328 valence electrons. The Morgan fingerprint density at radius 3 is 1.70 bits per heavy atom. The van der Waals surface area contributed by atoms with Gasteiger partial charge in [-0.2, -0.15) is 0 Å². The maximum Gasteiger partial charge on any atom is 0.469 e. The van der Waals surface area contributed by atoms with E-state index in [4.69, 9.17) is 28.7 Å². The molecular weight excluding hydrogens is 771 g/mol. The Labute approximate surface area is 333 Å². The van der Waals surface area contributed by atoms with Crippen molar-refractivity contribution < 1.29 is 52.4 Å². The molecule has 0 radical (unpaired) electrons. The number of guanidine groups is 1. The highest BCUT2D eigenvalue weighted by molar-refractivity contribution is 7.46. The summed E-state index contributed by atoms with van der Waals surface area (Å²) in [5.74, 6) is -6.18. The van der Waals surface area contributed by atoms with E-state index in [1.54, 1.807) is 13.8 Å². The van der Waals surface area contributed by atoms with Crippen LogP contribution in [-0.4, -0.2) is 119 Å². The summed E-state index contributed by atoms with van der Waals surface area (Å²) in [7, 11) is -5.22. The summed E-state index contributed by atoms with van der Waals surface area (Å²) in [6.07, 6.45) is 0.0523. The van der Waals surface area contributed by atoms with Crippen molar-refractivity contribution in [1.29, 1.82) is 0 Å². The molecule has 7 atom stereocenters. The Bertz CT molecular complexity index is 1420. The highest BCUT2D eigenvalue weighted by Crippen LogP contribution is 2.38. The van der Waals surface area contributed by atoms with Gasteiger partial charge in [-0.15, -0.1) is 0 Å². The maximum absolute atomic E-state index is 13.6. The predicted molar refractivity (Wildman–Crippen MR) is 210 cm³/mol. The van der Waals surface area contributed by atoms with Gasteiger partial charge >= 0.3 is 7.82 Å². The second-order valence-electron chi connectivity index (χ2n) is 14.5. The van der Waals surface area contributed by atoms with Crippen molar-refractivity contribution in [2.45, 2.75) is 129 Å². The number of phosphoric acid groups is 1. The monoisotopic (exact) mass is 836 g/mol. The van der Waals surface area contributed by atoms with Gasteiger partial charge in [-0.1, -0.05) is 27.7 Å². The number of nitrogens with two attached hydrogens (primary N) is 5. The van der Waals surface area contributed by atoms with Crippen LogP contribution >= 0.6 is 7.82 Å². The molecule has 0 aliphatic heterocycles. The van der Waals surface area contributed by atoms with Gasteiger partial charge in [0.15, 0.2) is 5.96 Å². The Morgan fingerprint density at radius 2 is 1.19 bits per heavy atom. The van der Waals surface area contributed by atoms with E-state index in [1.165, 1.54) is 6.92 Å². The van der Waals surface area contributed by atoms with E-state index >= 15 is 0 Å². The van der Waals surface area contributed by atoms with Crippen LogP contribution in [0.3, 0.4) is 0 Å². The molecule has 24 heteroatoms. The minimum Gasteiger partial charge on any atom is -0.370 e. The number of nitrogens with one attached hydrogen (secondary N) is 6. The summed E-state index contributed by atoms with van der Waals surface area (Å²) in [5.41, 5.74) is 27.6. The van der Waals surface area contributed by atoms with Gasteiger partial charge in [-0.3, -0.25) is 43.1 Å². The molecule has 0 aliphatic rings. The van der Waals surface area contributed by atoms with E-state index in [2.05, 4.69) is 41.4 Å². The van der Waals surface area contributed by atoms with E-state index < -0.39 is 98.1 Å². The fourth-order valence-electron chi connectivity index (χ4n) is 5.29. The molecule has 0 heterocycles. The molecule has 0 rings (SSSR count). The van der Waals surface area contributed by atoms with Crippen molar-refractivity contribution in [3.8, 4) is 0 Å². The Balaban J connectivity index is 6.33. The molecular formula is C33H65N12O11P. The van der Waals surface area contributed by atoms with Crippen LogP contribution in [0, 0.1) is 11.8 Å². The molecule has 0 aromatic rings. The van der Waals surface area contributed by atoms with Crippen LogP contribution < -0.4 is 60.6 Å². The molecule has 0 unspecified atom stereocenters. The van der Waals surface area contributed by atoms with Crippen molar-refractivity contribution in [3.63, 3.8) is 0 Å². The first-order valence-corrected chi connectivity index (χ1v) is 20.2. The van der Waals surface area contributed by atoms with Crippen LogP contribution in [0.2, 0.25) is 0 Å². The standard InChI is InChI=1S/C33H65N12O11P/c1-17(2)14-21(35)28(48)42-22(10-7-8-12-34)31(51)43-23(11-9-13-39-33(37)38)30(50)41-19(5)27(47)45-26(20(6)56-57(53,54)55)32(52)44-24(15-18(3)4)29(49)40-16-25(36)46/h17-24,26H,7-16,34-35H2,1-6H3,(H2,36,46)(H,40,49)(H,41,50)(H,42,48)(H,43,51)(H,44,52)(H,45,47)(H4,37,38,39)(H2,53,54,55)/t19-,20+,21-,22-,23-,24-,26-/m0/s1. The van der Waals surface area contributed by atoms with Gasteiger partial charge in [-0.25, -0.2) is 4.57 Å². The first-order valence-electron chi connectivity index (χ1n) is 18.7. The highest BCUT2D eigenvalue weighted by Gasteiger charge is 2.36. The fraction of sp³-hybridized carbons (Fsp3) is 0.758. The number of amides is 7. The van der Waals surface area contributed by atoms with Crippen LogP contribution in [0.15, 0.2) is 4.99 Å². The van der Waals surface area contributed by atoms with Crippen molar-refractivity contribution >= 4 is 55.1 Å². The molecule has 0 aromatic carbocycles. The molecule has 18 N–H and O–H groups in total. The zero-order valence-corrected chi connectivity index (χ0v) is 34.5. The second kappa shape index (κ2) is 26.5. The molecule has 0 spiro atoms. The van der Waals surface area contributed by atoms with Gasteiger partial charge < -0.3 is 70.4 Å². The molecule has 0 saturated carbocycles. The number of carbonyl (C=O) groups excluding carboxylic acids is 7. The minimum absolute atomic E-state index is 0.0354. The number of primary amides is 1. The largest absolute Gasteiger partial charge is 0.469 e. The number of phosphoric ester groups is 1. The van der Waals surface area contributed by atoms with E-state index in [0.717, 1.165) is 6.92 Å². The summed E-state index contributed by atoms with van der Waals surface area (Å²) in [4.78, 5) is 114. The normalized spacial score (nSPS) is 15.2. The first kappa shape index (κ1) is 52.6. The quantitative estimate of drug-likeness (QED) is 0.0155. The SMILES string of the molecule is CC(C)C[C@H](NC(=O)[C@@H](NC(=O)[C@H](C)NC(=O)[C@H](CCCN=C(N)N)NC(=O)[C@H](CCCCN)NC(=O)[C@@H](N)CC(C)C)[C@@H](C)OP(=O)(O)O)C(=O)NCC(N)=O. The molecule has 0 aromatic heterocycles. The van der Waals surface area contributed by atoms with Gasteiger partial charge in [0.2, 0.25) is 41.4 Å². The third-order valence-electron chi connectivity index (χ3n) is 8.10. The first-order chi connectivity index (χ1) is 26.4. The number of unbranched alkanes of at least 4 members (excludes halogenated alkanes) is 1. The third kappa shape index (κ3) is 23.4. The zero-order chi connectivity index (χ0) is 44.0. The smallest absolute Gasteiger partial charge is 0.370 e. The summed E-state index contributed by atoms with van der Waals surface area (Å²) >= 11 is 0. The number of rotatable bonds is 28. The molecule has 0 fully saturated rings. The molecule has 0 bridgehead atoms. The number of carbonyl (C=O) groups is 7. The van der Waals surface area contributed by atoms with Crippen molar-refractivity contribution in [2.75, 3.05) is 19.6 Å². The molecule has 0 saturated heterocycles. The van der Waals surface area contributed by atoms with E-state index in [-0.39, 0.29) is 50.0 Å². The van der Waals surface area contributed by atoms with E-state index in [0.29, 0.717) is 25.8 Å².